The van der Waals surface area contributed by atoms with E-state index in [0.717, 1.165) is 17.9 Å². The number of benzene rings is 2. The third kappa shape index (κ3) is 3.65. The van der Waals surface area contributed by atoms with E-state index >= 15 is 0 Å². The van der Waals surface area contributed by atoms with Gasteiger partial charge in [-0.1, -0.05) is 62.7 Å². The summed E-state index contributed by atoms with van der Waals surface area (Å²) in [7, 11) is 0. The van der Waals surface area contributed by atoms with Crippen LogP contribution in [0.2, 0.25) is 5.02 Å². The Hall–Kier alpha value is -2.72. The number of hydrogen-bond donors (Lipinski definition) is 0. The third-order valence-corrected chi connectivity index (χ3v) is 5.10. The van der Waals surface area contributed by atoms with E-state index in [1.165, 1.54) is 17.2 Å². The van der Waals surface area contributed by atoms with E-state index in [0.29, 0.717) is 11.4 Å². The number of fused-ring (bicyclic) bond motifs is 1. The number of hydrogen-bond acceptors (Lipinski definition) is 2. The van der Waals surface area contributed by atoms with Crippen molar-refractivity contribution in [2.45, 2.75) is 32.7 Å². The maximum absolute atomic E-state index is 14.3. The van der Waals surface area contributed by atoms with Crippen molar-refractivity contribution in [3.8, 4) is 22.8 Å². The lowest BCUT2D eigenvalue weighted by molar-refractivity contribution is 0.589. The van der Waals surface area contributed by atoms with E-state index in [1.807, 2.05) is 18.5 Å². The maximum atomic E-state index is 14.3. The van der Waals surface area contributed by atoms with Gasteiger partial charge < -0.3 is 4.57 Å². The standard InChI is InChI=1S/C23H21ClFN3/c1-23(2,3)16-9-7-15(8-10-16)13-28-12-11-19-20(14-28)27-22(26-19)17-5-4-6-18(24)21(17)25/h4-12,14H,13H2,1-3H3. The van der Waals surface area contributed by atoms with Crippen molar-refractivity contribution >= 4 is 11.6 Å². The van der Waals surface area contributed by atoms with E-state index in [4.69, 9.17) is 11.6 Å². The summed E-state index contributed by atoms with van der Waals surface area (Å²) < 4.78 is 16.3. The number of imidazole rings is 1. The zero-order chi connectivity index (χ0) is 19.9. The lowest BCUT2D eigenvalue weighted by Crippen LogP contribution is -2.11. The van der Waals surface area contributed by atoms with Gasteiger partial charge in [-0.25, -0.2) is 14.4 Å². The van der Waals surface area contributed by atoms with Gasteiger partial charge in [-0.05, 0) is 34.7 Å². The molecule has 0 bridgehead atoms. The Bertz CT molecular complexity index is 1090. The first-order chi connectivity index (χ1) is 13.3. The Morgan fingerprint density at radius 1 is 0.964 bits per heavy atom. The molecule has 2 aliphatic rings. The van der Waals surface area contributed by atoms with Crippen LogP contribution in [0.1, 0.15) is 31.9 Å². The quantitative estimate of drug-likeness (QED) is 0.415. The van der Waals surface area contributed by atoms with Gasteiger partial charge >= 0.3 is 0 Å². The summed E-state index contributed by atoms with van der Waals surface area (Å²) >= 11 is 5.88. The second kappa shape index (κ2) is 7.02. The summed E-state index contributed by atoms with van der Waals surface area (Å²) in [6.45, 7) is 7.35. The number of pyridine rings is 1. The number of aromatic nitrogens is 3. The molecule has 0 saturated heterocycles. The zero-order valence-electron chi connectivity index (χ0n) is 16.1. The SMILES string of the molecule is CC(C)(C)c1ccc(Cn2ccc3nc(-c4cccc(Cl)c4F)nc-3c2)cc1. The Kier molecular flexibility index (Phi) is 4.68. The summed E-state index contributed by atoms with van der Waals surface area (Å²) in [5, 5.41) is 0.0696. The van der Waals surface area contributed by atoms with Crippen molar-refractivity contribution in [3.63, 3.8) is 0 Å². The van der Waals surface area contributed by atoms with E-state index in [9.17, 15) is 4.39 Å². The highest BCUT2D eigenvalue weighted by Crippen LogP contribution is 2.29. The minimum Gasteiger partial charge on any atom is -0.348 e. The summed E-state index contributed by atoms with van der Waals surface area (Å²) in [4.78, 5) is 8.95. The normalized spacial score (nSPS) is 11.9. The summed E-state index contributed by atoms with van der Waals surface area (Å²) in [5.41, 5.74) is 4.43. The molecular weight excluding hydrogens is 373 g/mol. The van der Waals surface area contributed by atoms with Crippen LogP contribution in [-0.2, 0) is 12.0 Å². The highest BCUT2D eigenvalue weighted by atomic mass is 35.5. The molecule has 142 valence electrons. The molecule has 0 aromatic heterocycles. The molecule has 0 atom stereocenters. The molecule has 0 fully saturated rings. The molecule has 0 unspecified atom stereocenters. The molecule has 28 heavy (non-hydrogen) atoms. The molecular formula is C23H21ClFN3. The van der Waals surface area contributed by atoms with Gasteiger partial charge in [0, 0.05) is 18.9 Å². The van der Waals surface area contributed by atoms with Crippen LogP contribution in [-0.4, -0.2) is 14.5 Å². The molecule has 0 amide bonds. The van der Waals surface area contributed by atoms with Crippen molar-refractivity contribution in [3.05, 3.63) is 82.9 Å². The zero-order valence-corrected chi connectivity index (χ0v) is 16.8. The van der Waals surface area contributed by atoms with Gasteiger partial charge in [0.15, 0.2) is 11.6 Å². The van der Waals surface area contributed by atoms with Crippen LogP contribution in [0.4, 0.5) is 4.39 Å². The molecule has 3 nitrogen and oxygen atoms in total. The lowest BCUT2D eigenvalue weighted by Gasteiger charge is -2.19. The maximum Gasteiger partial charge on any atom is 0.163 e. The van der Waals surface area contributed by atoms with Crippen LogP contribution in [0.5, 0.6) is 0 Å². The molecule has 2 heterocycles. The van der Waals surface area contributed by atoms with Gasteiger partial charge in [-0.2, -0.15) is 0 Å². The third-order valence-electron chi connectivity index (χ3n) is 4.80. The molecule has 0 radical (unpaired) electrons. The van der Waals surface area contributed by atoms with E-state index in [1.54, 1.807) is 12.1 Å². The fourth-order valence-electron chi connectivity index (χ4n) is 3.17. The predicted octanol–water partition coefficient (Wildman–Crippen LogP) is 6.19. The van der Waals surface area contributed by atoms with Crippen LogP contribution in [0, 0.1) is 5.82 Å². The van der Waals surface area contributed by atoms with E-state index in [-0.39, 0.29) is 10.4 Å². The summed E-state index contributed by atoms with van der Waals surface area (Å²) in [5.74, 6) is -0.145. The monoisotopic (exact) mass is 393 g/mol. The largest absolute Gasteiger partial charge is 0.348 e. The first-order valence-corrected chi connectivity index (χ1v) is 9.56. The molecule has 4 rings (SSSR count). The molecule has 5 heteroatoms. The van der Waals surface area contributed by atoms with Crippen LogP contribution < -0.4 is 0 Å². The summed E-state index contributed by atoms with van der Waals surface area (Å²) in [6, 6.07) is 15.4. The second-order valence-electron chi connectivity index (χ2n) is 7.98. The van der Waals surface area contributed by atoms with Crippen molar-refractivity contribution in [1.82, 2.24) is 14.5 Å². The Balaban J connectivity index is 1.62. The molecule has 0 spiro atoms. The Morgan fingerprint density at radius 3 is 2.39 bits per heavy atom. The molecule has 0 N–H and O–H groups in total. The molecule has 2 aromatic rings. The molecule has 2 aliphatic heterocycles. The number of rotatable bonds is 3. The van der Waals surface area contributed by atoms with Crippen LogP contribution in [0.25, 0.3) is 22.8 Å². The van der Waals surface area contributed by atoms with Gasteiger partial charge in [0.2, 0.25) is 0 Å². The minimum atomic E-state index is -0.494. The second-order valence-corrected chi connectivity index (χ2v) is 8.39. The Labute approximate surface area is 169 Å². The smallest absolute Gasteiger partial charge is 0.163 e. The molecule has 0 aliphatic carbocycles. The Morgan fingerprint density at radius 2 is 1.68 bits per heavy atom. The summed E-state index contributed by atoms with van der Waals surface area (Å²) in [6.07, 6.45) is 3.90. The fourth-order valence-corrected chi connectivity index (χ4v) is 3.34. The minimum absolute atomic E-state index is 0.0696. The number of halogens is 2. The van der Waals surface area contributed by atoms with Crippen LogP contribution in [0.3, 0.4) is 0 Å². The first-order valence-electron chi connectivity index (χ1n) is 9.18. The van der Waals surface area contributed by atoms with Crippen molar-refractivity contribution in [2.75, 3.05) is 0 Å². The molecule has 2 aromatic carbocycles. The first kappa shape index (κ1) is 18.6. The van der Waals surface area contributed by atoms with Crippen LogP contribution in [0.15, 0.2) is 60.9 Å². The highest BCUT2D eigenvalue weighted by Gasteiger charge is 2.17. The highest BCUT2D eigenvalue weighted by molar-refractivity contribution is 6.31. The van der Waals surface area contributed by atoms with E-state index in [2.05, 4.69) is 59.6 Å². The number of nitrogens with zero attached hydrogens (tertiary/aromatic N) is 3. The fraction of sp³-hybridized carbons (Fsp3) is 0.217. The van der Waals surface area contributed by atoms with Gasteiger partial charge in [0.25, 0.3) is 0 Å². The van der Waals surface area contributed by atoms with Crippen molar-refractivity contribution < 1.29 is 4.39 Å². The van der Waals surface area contributed by atoms with Crippen molar-refractivity contribution in [2.24, 2.45) is 0 Å². The van der Waals surface area contributed by atoms with Gasteiger partial charge in [-0.15, -0.1) is 0 Å². The van der Waals surface area contributed by atoms with Gasteiger partial charge in [0.05, 0.1) is 16.3 Å². The van der Waals surface area contributed by atoms with Crippen LogP contribution >= 0.6 is 11.6 Å². The van der Waals surface area contributed by atoms with Gasteiger partial charge in [0.1, 0.15) is 5.69 Å². The van der Waals surface area contributed by atoms with Gasteiger partial charge in [-0.3, -0.25) is 0 Å². The van der Waals surface area contributed by atoms with Crippen molar-refractivity contribution in [1.29, 1.82) is 0 Å². The average Bonchev–Trinajstić information content (AvgIpc) is 3.07. The average molecular weight is 394 g/mol. The lowest BCUT2D eigenvalue weighted by atomic mass is 9.87. The topological polar surface area (TPSA) is 30.7 Å². The van der Waals surface area contributed by atoms with E-state index < -0.39 is 5.82 Å². The predicted molar refractivity (Wildman–Crippen MR) is 111 cm³/mol. The molecule has 0 saturated carbocycles.